The Bertz CT molecular complexity index is 299. The van der Waals surface area contributed by atoms with Crippen LogP contribution in [0.1, 0.15) is 50.8 Å². The third-order valence-corrected chi connectivity index (χ3v) is 3.53. The quantitative estimate of drug-likeness (QED) is 0.825. The van der Waals surface area contributed by atoms with E-state index in [1.165, 1.54) is 32.1 Å². The lowest BCUT2D eigenvalue weighted by Gasteiger charge is -2.27. The van der Waals surface area contributed by atoms with E-state index in [0.717, 1.165) is 11.6 Å². The van der Waals surface area contributed by atoms with Crippen molar-refractivity contribution in [2.75, 3.05) is 0 Å². The van der Waals surface area contributed by atoms with Crippen molar-refractivity contribution < 1.29 is 0 Å². The van der Waals surface area contributed by atoms with Crippen LogP contribution in [0, 0.1) is 5.92 Å². The molecule has 1 aliphatic carbocycles. The summed E-state index contributed by atoms with van der Waals surface area (Å²) in [5.74, 6) is 0.929. The molecule has 15 heavy (non-hydrogen) atoms. The fourth-order valence-corrected chi connectivity index (χ4v) is 2.40. The molecule has 84 valence electrons. The van der Waals surface area contributed by atoms with Gasteiger partial charge in [0.1, 0.15) is 0 Å². The van der Waals surface area contributed by atoms with Crippen molar-refractivity contribution in [2.45, 2.75) is 51.6 Å². The molecule has 2 N–H and O–H groups in total. The summed E-state index contributed by atoms with van der Waals surface area (Å²) in [4.78, 5) is 0. The van der Waals surface area contributed by atoms with Crippen molar-refractivity contribution in [3.63, 3.8) is 0 Å². The number of nitrogens with zero attached hydrogens (tertiary/aromatic N) is 3. The van der Waals surface area contributed by atoms with Crippen molar-refractivity contribution in [3.05, 3.63) is 11.9 Å². The molecule has 4 nitrogen and oxygen atoms in total. The fraction of sp³-hybridized carbons (Fsp3) is 0.818. The zero-order valence-corrected chi connectivity index (χ0v) is 9.39. The molecule has 4 heteroatoms. The SMILES string of the molecule is CCC1CCC(n2cc(CN)nn2)CC1. The molecule has 0 aromatic carbocycles. The van der Waals surface area contributed by atoms with Crippen LogP contribution in [0.5, 0.6) is 0 Å². The topological polar surface area (TPSA) is 56.7 Å². The van der Waals surface area contributed by atoms with Crippen LogP contribution in [0.2, 0.25) is 0 Å². The normalized spacial score (nSPS) is 26.8. The molecule has 0 amide bonds. The summed E-state index contributed by atoms with van der Waals surface area (Å²) < 4.78 is 2.01. The Hall–Kier alpha value is -0.900. The van der Waals surface area contributed by atoms with Crippen LogP contribution in [-0.4, -0.2) is 15.0 Å². The molecular weight excluding hydrogens is 188 g/mol. The van der Waals surface area contributed by atoms with Crippen molar-refractivity contribution in [2.24, 2.45) is 11.7 Å². The van der Waals surface area contributed by atoms with Gasteiger partial charge in [-0.3, -0.25) is 0 Å². The average molecular weight is 208 g/mol. The van der Waals surface area contributed by atoms with Gasteiger partial charge in [-0.1, -0.05) is 18.6 Å². The Morgan fingerprint density at radius 2 is 2.13 bits per heavy atom. The van der Waals surface area contributed by atoms with Crippen LogP contribution < -0.4 is 5.73 Å². The third kappa shape index (κ3) is 2.37. The maximum atomic E-state index is 5.52. The van der Waals surface area contributed by atoms with Crippen LogP contribution in [0.4, 0.5) is 0 Å². The van der Waals surface area contributed by atoms with Crippen molar-refractivity contribution in [1.29, 1.82) is 0 Å². The van der Waals surface area contributed by atoms with Gasteiger partial charge in [0.05, 0.1) is 17.9 Å². The summed E-state index contributed by atoms with van der Waals surface area (Å²) in [6.07, 6.45) is 8.46. The molecule has 0 unspecified atom stereocenters. The molecule has 1 saturated carbocycles. The molecule has 0 saturated heterocycles. The number of rotatable bonds is 3. The van der Waals surface area contributed by atoms with Crippen molar-refractivity contribution in [3.8, 4) is 0 Å². The maximum absolute atomic E-state index is 5.52. The molecular formula is C11H20N4. The smallest absolute Gasteiger partial charge is 0.0962 e. The summed E-state index contributed by atoms with van der Waals surface area (Å²) in [6, 6.07) is 0.556. The third-order valence-electron chi connectivity index (χ3n) is 3.53. The minimum atomic E-state index is 0.490. The molecule has 0 spiro atoms. The van der Waals surface area contributed by atoms with Gasteiger partial charge in [0.25, 0.3) is 0 Å². The van der Waals surface area contributed by atoms with E-state index in [1.54, 1.807) is 0 Å². The first kappa shape index (κ1) is 10.6. The van der Waals surface area contributed by atoms with Gasteiger partial charge in [-0.25, -0.2) is 4.68 Å². The van der Waals surface area contributed by atoms with Crippen molar-refractivity contribution >= 4 is 0 Å². The molecule has 0 radical (unpaired) electrons. The van der Waals surface area contributed by atoms with Crippen LogP contribution >= 0.6 is 0 Å². The number of hydrogen-bond donors (Lipinski definition) is 1. The van der Waals surface area contributed by atoms with Crippen LogP contribution in [0.3, 0.4) is 0 Å². The zero-order chi connectivity index (χ0) is 10.7. The lowest BCUT2D eigenvalue weighted by Crippen LogP contribution is -2.18. The van der Waals surface area contributed by atoms with E-state index >= 15 is 0 Å². The summed E-state index contributed by atoms with van der Waals surface area (Å²) in [6.45, 7) is 2.78. The highest BCUT2D eigenvalue weighted by Crippen LogP contribution is 2.32. The van der Waals surface area contributed by atoms with Gasteiger partial charge in [0.15, 0.2) is 0 Å². The van der Waals surface area contributed by atoms with Gasteiger partial charge >= 0.3 is 0 Å². The Morgan fingerprint density at radius 3 is 2.67 bits per heavy atom. The number of nitrogens with two attached hydrogens (primary N) is 1. The van der Waals surface area contributed by atoms with E-state index in [-0.39, 0.29) is 0 Å². The highest BCUT2D eigenvalue weighted by atomic mass is 15.4. The molecule has 1 aromatic rings. The van der Waals surface area contributed by atoms with Crippen LogP contribution in [0.25, 0.3) is 0 Å². The van der Waals surface area contributed by atoms with Crippen LogP contribution in [-0.2, 0) is 6.54 Å². The Labute approximate surface area is 90.8 Å². The Morgan fingerprint density at radius 1 is 1.40 bits per heavy atom. The van der Waals surface area contributed by atoms with Gasteiger partial charge in [0.2, 0.25) is 0 Å². The second kappa shape index (κ2) is 4.75. The number of aromatic nitrogens is 3. The molecule has 1 heterocycles. The van der Waals surface area contributed by atoms with Gasteiger partial charge in [-0.2, -0.15) is 0 Å². The lowest BCUT2D eigenvalue weighted by atomic mass is 9.85. The standard InChI is InChI=1S/C11H20N4/c1-2-9-3-5-11(6-4-9)15-8-10(7-12)13-14-15/h8-9,11H,2-7,12H2,1H3. The largest absolute Gasteiger partial charge is 0.325 e. The highest BCUT2D eigenvalue weighted by Gasteiger charge is 2.21. The van der Waals surface area contributed by atoms with E-state index in [4.69, 9.17) is 5.73 Å². The van der Waals surface area contributed by atoms with Crippen molar-refractivity contribution in [1.82, 2.24) is 15.0 Å². The molecule has 1 fully saturated rings. The zero-order valence-electron chi connectivity index (χ0n) is 9.39. The molecule has 1 aliphatic rings. The summed E-state index contributed by atoms with van der Waals surface area (Å²) in [5, 5.41) is 8.19. The Kier molecular flexibility index (Phi) is 3.36. The van der Waals surface area contributed by atoms with E-state index in [1.807, 2.05) is 10.9 Å². The van der Waals surface area contributed by atoms with E-state index < -0.39 is 0 Å². The first-order chi connectivity index (χ1) is 7.33. The molecule has 2 rings (SSSR count). The second-order valence-corrected chi connectivity index (χ2v) is 4.48. The van der Waals surface area contributed by atoms with Gasteiger partial charge < -0.3 is 5.73 Å². The van der Waals surface area contributed by atoms with E-state index in [9.17, 15) is 0 Å². The summed E-state index contributed by atoms with van der Waals surface area (Å²) in [5.41, 5.74) is 6.42. The van der Waals surface area contributed by atoms with Crippen LogP contribution in [0.15, 0.2) is 6.20 Å². The molecule has 0 atom stereocenters. The highest BCUT2D eigenvalue weighted by molar-refractivity contribution is 4.92. The summed E-state index contributed by atoms with van der Waals surface area (Å²) >= 11 is 0. The lowest BCUT2D eigenvalue weighted by molar-refractivity contribution is 0.253. The maximum Gasteiger partial charge on any atom is 0.0962 e. The minimum Gasteiger partial charge on any atom is -0.325 e. The first-order valence-electron chi connectivity index (χ1n) is 5.94. The predicted molar refractivity (Wildman–Crippen MR) is 59.2 cm³/mol. The molecule has 0 aliphatic heterocycles. The molecule has 1 aromatic heterocycles. The predicted octanol–water partition coefficient (Wildman–Crippen LogP) is 1.88. The van der Waals surface area contributed by atoms with Gasteiger partial charge in [-0.05, 0) is 31.6 Å². The van der Waals surface area contributed by atoms with Gasteiger partial charge in [-0.15, -0.1) is 5.10 Å². The van der Waals surface area contributed by atoms with Gasteiger partial charge in [0, 0.05) is 6.54 Å². The Balaban J connectivity index is 1.95. The van der Waals surface area contributed by atoms with E-state index in [0.29, 0.717) is 12.6 Å². The second-order valence-electron chi connectivity index (χ2n) is 4.48. The fourth-order valence-electron chi connectivity index (χ4n) is 2.40. The number of hydrogen-bond acceptors (Lipinski definition) is 3. The average Bonchev–Trinajstić information content (AvgIpc) is 2.78. The first-order valence-corrected chi connectivity index (χ1v) is 5.94. The molecule has 0 bridgehead atoms. The monoisotopic (exact) mass is 208 g/mol. The minimum absolute atomic E-state index is 0.490. The van der Waals surface area contributed by atoms with E-state index in [2.05, 4.69) is 17.2 Å². The summed E-state index contributed by atoms with van der Waals surface area (Å²) in [7, 11) is 0.